The number of fused-ring (bicyclic) bond motifs is 1. The fraction of sp³-hybridized carbons (Fsp3) is 0.489. The Balaban J connectivity index is 0.881. The molecule has 2 aliphatic carbocycles. The lowest BCUT2D eigenvalue weighted by Crippen LogP contribution is -2.51. The number of aromatic nitrogens is 2. The molecular formula is C45H51B3N4O5. The van der Waals surface area contributed by atoms with E-state index in [0.29, 0.717) is 46.2 Å². The van der Waals surface area contributed by atoms with Crippen molar-refractivity contribution >= 4 is 46.2 Å². The first-order valence-electron chi connectivity index (χ1n) is 20.4. The van der Waals surface area contributed by atoms with Gasteiger partial charge in [-0.2, -0.15) is 0 Å². The number of rotatable bonds is 13. The summed E-state index contributed by atoms with van der Waals surface area (Å²) in [6.45, 7) is 11.6. The zero-order valence-corrected chi connectivity index (χ0v) is 33.6. The summed E-state index contributed by atoms with van der Waals surface area (Å²) in [5.74, 6) is 3.32. The van der Waals surface area contributed by atoms with Crippen molar-refractivity contribution in [2.75, 3.05) is 46.9 Å². The maximum Gasteiger partial charge on any atom is 0.258 e. The molecule has 0 bridgehead atoms. The van der Waals surface area contributed by atoms with Gasteiger partial charge in [0.15, 0.2) is 5.78 Å². The highest BCUT2D eigenvalue weighted by Crippen LogP contribution is 2.51. The van der Waals surface area contributed by atoms with E-state index in [4.69, 9.17) is 37.7 Å². The van der Waals surface area contributed by atoms with E-state index < -0.39 is 10.8 Å². The zero-order valence-electron chi connectivity index (χ0n) is 33.6. The van der Waals surface area contributed by atoms with Gasteiger partial charge in [-0.25, -0.2) is 0 Å². The van der Waals surface area contributed by atoms with Crippen LogP contribution >= 0.6 is 0 Å². The number of Topliss-reactive ketones (excluding diaryl/α,β-unsaturated/α-hetero) is 1. The number of benzene rings is 2. The van der Waals surface area contributed by atoms with Crippen molar-refractivity contribution in [2.24, 2.45) is 11.3 Å². The summed E-state index contributed by atoms with van der Waals surface area (Å²) >= 11 is 0. The van der Waals surface area contributed by atoms with Gasteiger partial charge in [-0.3, -0.25) is 19.5 Å². The summed E-state index contributed by atoms with van der Waals surface area (Å²) in [5, 5.41) is -0.733. The lowest BCUT2D eigenvalue weighted by molar-refractivity contribution is -0.0580. The number of methoxy groups -OCH3 is 2. The Morgan fingerprint density at radius 1 is 0.947 bits per heavy atom. The average Bonchev–Trinajstić information content (AvgIpc) is 4.04. The number of ether oxygens (including phenoxy) is 3. The fourth-order valence-electron chi connectivity index (χ4n) is 9.47. The number of ketones is 1. The number of piperidine rings is 2. The van der Waals surface area contributed by atoms with Crippen molar-refractivity contribution in [1.82, 2.24) is 19.4 Å². The third-order valence-electron chi connectivity index (χ3n) is 13.0. The van der Waals surface area contributed by atoms with Crippen LogP contribution in [0.25, 0.3) is 28.0 Å². The summed E-state index contributed by atoms with van der Waals surface area (Å²) in [6.07, 6.45) is 14.3. The molecule has 0 amide bonds. The van der Waals surface area contributed by atoms with E-state index in [1.807, 2.05) is 36.4 Å². The third-order valence-corrected chi connectivity index (χ3v) is 13.0. The molecule has 2 saturated heterocycles. The molecule has 4 fully saturated rings. The second-order valence-electron chi connectivity index (χ2n) is 17.1. The van der Waals surface area contributed by atoms with Crippen molar-refractivity contribution in [3.8, 4) is 28.4 Å². The molecule has 12 heteroatoms. The molecule has 2 aliphatic heterocycles. The van der Waals surface area contributed by atoms with Crippen LogP contribution in [0.5, 0.6) is 17.2 Å². The van der Waals surface area contributed by atoms with Crippen LogP contribution < -0.4 is 19.8 Å². The molecule has 2 saturated carbocycles. The zero-order chi connectivity index (χ0) is 40.1. The first-order chi connectivity index (χ1) is 27.4. The molecule has 4 aliphatic rings. The van der Waals surface area contributed by atoms with Gasteiger partial charge in [-0.05, 0) is 143 Å². The van der Waals surface area contributed by atoms with Gasteiger partial charge in [-0.15, -0.1) is 0 Å². The van der Waals surface area contributed by atoms with E-state index in [1.54, 1.807) is 39.6 Å². The maximum absolute atomic E-state index is 13.5. The monoisotopic (exact) mass is 760 g/mol. The maximum atomic E-state index is 13.5. The molecule has 0 unspecified atom stereocenters. The van der Waals surface area contributed by atoms with E-state index in [-0.39, 0.29) is 11.9 Å². The van der Waals surface area contributed by atoms with Crippen LogP contribution in [0, 0.1) is 11.3 Å². The van der Waals surface area contributed by atoms with E-state index in [2.05, 4.69) is 21.4 Å². The van der Waals surface area contributed by atoms with Crippen molar-refractivity contribution in [1.29, 1.82) is 0 Å². The van der Waals surface area contributed by atoms with Crippen molar-refractivity contribution in [3.05, 3.63) is 88.1 Å². The number of likely N-dealkylation sites (tertiary alicyclic amines) is 2. The number of carbonyl (C=O) groups is 1. The van der Waals surface area contributed by atoms with Gasteiger partial charge in [0.05, 0.1) is 54.8 Å². The van der Waals surface area contributed by atoms with Crippen molar-refractivity contribution in [2.45, 2.75) is 82.1 Å². The molecule has 2 aromatic carbocycles. The van der Waals surface area contributed by atoms with Crippen LogP contribution in [-0.4, -0.2) is 102 Å². The minimum absolute atomic E-state index is 0.0309. The topological polar surface area (TPSA) is 86.1 Å². The van der Waals surface area contributed by atoms with Gasteiger partial charge >= 0.3 is 0 Å². The summed E-state index contributed by atoms with van der Waals surface area (Å²) < 4.78 is 19.5. The van der Waals surface area contributed by atoms with E-state index in [0.717, 1.165) is 110 Å². The van der Waals surface area contributed by atoms with E-state index in [9.17, 15) is 9.59 Å². The SMILES string of the molecule is [B]C([B])([B])n1cc(-c2cc(OC)c(CN3CCC(CN4CCC5(CC4)CC(Oc4ccc(C=C)c(C(C)=O)c4)C5)CC3)c(OC)c2)c2cc(C3CC3)ncc2c1=O. The minimum atomic E-state index is -1.90. The number of carbonyl (C=O) groups excluding carboxylic acids is 1. The van der Waals surface area contributed by atoms with Crippen LogP contribution in [0.3, 0.4) is 0 Å². The Morgan fingerprint density at radius 2 is 1.63 bits per heavy atom. The minimum Gasteiger partial charge on any atom is -0.496 e. The molecule has 4 heterocycles. The Labute approximate surface area is 340 Å². The van der Waals surface area contributed by atoms with Crippen LogP contribution in [0.2, 0.25) is 0 Å². The standard InChI is InChI=1S/C45H51B3N4O5/c1-5-30-8-9-33(20-35(30)28(2)53)57-34-22-44(23-34)12-16-51(17-13-44)25-29-10-14-50(15-11-29)26-39-41(55-3)18-32(19-42(39)56-4)38-27-52(45(46,47)48)43(54)37-24-49-40(21-36(37)38)31-6-7-31/h5,8-9,18-21,24,27,29,31,34H,1,6-7,10-17,22-23,25-26H2,2-4H3. The number of hydrogen-bond donors (Lipinski definition) is 0. The number of hydrogen-bond acceptors (Lipinski definition) is 8. The Hall–Kier alpha value is -4.28. The molecule has 4 aromatic rings. The van der Waals surface area contributed by atoms with E-state index in [1.165, 1.54) is 17.4 Å². The predicted octanol–water partition coefficient (Wildman–Crippen LogP) is 6.41. The Kier molecular flexibility index (Phi) is 11.0. The molecule has 9 nitrogen and oxygen atoms in total. The molecule has 8 rings (SSSR count). The van der Waals surface area contributed by atoms with Crippen LogP contribution in [0.4, 0.5) is 0 Å². The van der Waals surface area contributed by atoms with Gasteiger partial charge in [0.25, 0.3) is 5.56 Å². The smallest absolute Gasteiger partial charge is 0.258 e. The highest BCUT2D eigenvalue weighted by Gasteiger charge is 2.47. The second-order valence-corrected chi connectivity index (χ2v) is 17.1. The molecule has 0 N–H and O–H groups in total. The molecule has 57 heavy (non-hydrogen) atoms. The lowest BCUT2D eigenvalue weighted by Gasteiger charge is -2.52. The Bertz CT molecular complexity index is 2200. The quantitative estimate of drug-likeness (QED) is 0.114. The first kappa shape index (κ1) is 39.5. The van der Waals surface area contributed by atoms with Crippen LogP contribution in [0.1, 0.15) is 91.4 Å². The van der Waals surface area contributed by atoms with Gasteiger partial charge in [0, 0.05) is 48.2 Å². The van der Waals surface area contributed by atoms with Crippen molar-refractivity contribution in [3.63, 3.8) is 0 Å². The average molecular weight is 760 g/mol. The molecule has 6 radical (unpaired) electrons. The lowest BCUT2D eigenvalue weighted by atomic mass is 9.49. The van der Waals surface area contributed by atoms with Crippen molar-refractivity contribution < 1.29 is 19.0 Å². The summed E-state index contributed by atoms with van der Waals surface area (Å²) in [6, 6.07) is 11.8. The second kappa shape index (κ2) is 15.8. The van der Waals surface area contributed by atoms with Gasteiger partial charge < -0.3 is 23.7 Å². The third kappa shape index (κ3) is 8.22. The number of pyridine rings is 2. The largest absolute Gasteiger partial charge is 0.496 e. The highest BCUT2D eigenvalue weighted by molar-refractivity contribution is 6.56. The Morgan fingerprint density at radius 3 is 2.23 bits per heavy atom. The molecule has 1 spiro atoms. The predicted molar refractivity (Wildman–Crippen MR) is 228 cm³/mol. The summed E-state index contributed by atoms with van der Waals surface area (Å²) in [7, 11) is 21.6. The van der Waals surface area contributed by atoms with Gasteiger partial charge in [0.1, 0.15) is 17.2 Å². The highest BCUT2D eigenvalue weighted by atomic mass is 16.5. The summed E-state index contributed by atoms with van der Waals surface area (Å²) in [4.78, 5) is 35.3. The molecule has 0 atom stereocenters. The number of nitrogens with zero attached hydrogens (tertiary/aromatic N) is 4. The molecule has 290 valence electrons. The normalized spacial score (nSPS) is 19.4. The fourth-order valence-corrected chi connectivity index (χ4v) is 9.47. The first-order valence-corrected chi connectivity index (χ1v) is 20.4. The molecule has 2 aromatic heterocycles. The van der Waals surface area contributed by atoms with Gasteiger partial charge in [-0.1, -0.05) is 24.0 Å². The summed E-state index contributed by atoms with van der Waals surface area (Å²) in [5.41, 5.74) is 5.02. The molecular weight excluding hydrogens is 709 g/mol. The van der Waals surface area contributed by atoms with Crippen LogP contribution in [-0.2, 0) is 11.8 Å². The van der Waals surface area contributed by atoms with Gasteiger partial charge in [0.2, 0.25) is 0 Å². The van der Waals surface area contributed by atoms with E-state index >= 15 is 0 Å². The van der Waals surface area contributed by atoms with Crippen LogP contribution in [0.15, 0.2) is 60.2 Å².